The lowest BCUT2D eigenvalue weighted by Crippen LogP contribution is -2.39. The Bertz CT molecular complexity index is 823. The number of nitrogens with one attached hydrogen (secondary N) is 1. The van der Waals surface area contributed by atoms with E-state index in [0.717, 1.165) is 11.1 Å². The molecule has 0 unspecified atom stereocenters. The van der Waals surface area contributed by atoms with Crippen LogP contribution in [0.3, 0.4) is 0 Å². The van der Waals surface area contributed by atoms with Gasteiger partial charge in [0.05, 0.1) is 0 Å². The maximum Gasteiger partial charge on any atom is 0.127 e. The summed E-state index contributed by atoms with van der Waals surface area (Å²) in [7, 11) is 0. The van der Waals surface area contributed by atoms with E-state index in [1.807, 2.05) is 54.6 Å². The van der Waals surface area contributed by atoms with E-state index in [-0.39, 0.29) is 12.4 Å². The highest BCUT2D eigenvalue weighted by Crippen LogP contribution is 2.29. The number of hydrogen-bond acceptors (Lipinski definition) is 2. The van der Waals surface area contributed by atoms with Gasteiger partial charge in [-0.15, -0.1) is 0 Å². The predicted molar refractivity (Wildman–Crippen MR) is 99.0 cm³/mol. The van der Waals surface area contributed by atoms with Crippen LogP contribution in [0, 0.1) is 5.82 Å². The number of hydrogen-bond donors (Lipinski definition) is 2. The number of aliphatic hydroxyl groups is 1. The first-order valence-corrected chi connectivity index (χ1v) is 8.45. The van der Waals surface area contributed by atoms with Crippen molar-refractivity contribution >= 4 is 11.6 Å². The Balaban J connectivity index is 1.83. The van der Waals surface area contributed by atoms with Crippen LogP contribution >= 0.6 is 11.6 Å². The molecule has 0 saturated heterocycles. The Morgan fingerprint density at radius 1 is 0.880 bits per heavy atom. The van der Waals surface area contributed by atoms with Crippen molar-refractivity contribution in [1.29, 1.82) is 0 Å². The van der Waals surface area contributed by atoms with Crippen LogP contribution < -0.4 is 5.32 Å². The second kappa shape index (κ2) is 7.79. The molecule has 3 aromatic rings. The van der Waals surface area contributed by atoms with Crippen LogP contribution in [0.4, 0.5) is 4.39 Å². The largest absolute Gasteiger partial charge is 0.379 e. The number of rotatable bonds is 6. The summed E-state index contributed by atoms with van der Waals surface area (Å²) in [5, 5.41) is 15.3. The molecule has 0 aromatic heterocycles. The lowest BCUT2D eigenvalue weighted by atomic mass is 9.86. The molecular weight excluding hydrogens is 337 g/mol. The van der Waals surface area contributed by atoms with Crippen LogP contribution in [-0.2, 0) is 12.1 Å². The summed E-state index contributed by atoms with van der Waals surface area (Å²) in [5.41, 5.74) is 1.16. The van der Waals surface area contributed by atoms with Gasteiger partial charge in [0, 0.05) is 18.1 Å². The van der Waals surface area contributed by atoms with Crippen LogP contribution in [0.1, 0.15) is 16.7 Å². The highest BCUT2D eigenvalue weighted by molar-refractivity contribution is 6.30. The summed E-state index contributed by atoms with van der Waals surface area (Å²) in [6, 6.07) is 22.9. The molecule has 3 rings (SSSR count). The molecule has 3 aromatic carbocycles. The van der Waals surface area contributed by atoms with Gasteiger partial charge >= 0.3 is 0 Å². The van der Waals surface area contributed by atoms with Crippen LogP contribution in [0.2, 0.25) is 5.02 Å². The first kappa shape index (κ1) is 17.6. The average molecular weight is 356 g/mol. The van der Waals surface area contributed by atoms with E-state index in [2.05, 4.69) is 5.32 Å². The third-order valence-electron chi connectivity index (χ3n) is 4.17. The number of halogens is 2. The van der Waals surface area contributed by atoms with Gasteiger partial charge in [0.2, 0.25) is 0 Å². The van der Waals surface area contributed by atoms with Crippen molar-refractivity contribution < 1.29 is 9.50 Å². The fourth-order valence-corrected chi connectivity index (χ4v) is 3.06. The van der Waals surface area contributed by atoms with Crippen molar-refractivity contribution in [3.63, 3.8) is 0 Å². The Morgan fingerprint density at radius 3 is 2.24 bits per heavy atom. The van der Waals surface area contributed by atoms with Gasteiger partial charge in [-0.1, -0.05) is 66.2 Å². The number of benzene rings is 3. The monoisotopic (exact) mass is 355 g/mol. The Morgan fingerprint density at radius 2 is 1.56 bits per heavy atom. The van der Waals surface area contributed by atoms with E-state index in [4.69, 9.17) is 11.6 Å². The van der Waals surface area contributed by atoms with Gasteiger partial charge in [-0.3, -0.25) is 0 Å². The maximum atomic E-state index is 13.3. The smallest absolute Gasteiger partial charge is 0.127 e. The molecule has 1 atom stereocenters. The van der Waals surface area contributed by atoms with Gasteiger partial charge in [-0.05, 0) is 41.0 Å². The molecule has 0 heterocycles. The molecule has 0 aliphatic carbocycles. The second-order valence-corrected chi connectivity index (χ2v) is 6.40. The van der Waals surface area contributed by atoms with Crippen LogP contribution in [0.5, 0.6) is 0 Å². The highest BCUT2D eigenvalue weighted by Gasteiger charge is 2.31. The van der Waals surface area contributed by atoms with E-state index in [1.54, 1.807) is 12.1 Å². The maximum absolute atomic E-state index is 13.3. The van der Waals surface area contributed by atoms with E-state index < -0.39 is 5.60 Å². The second-order valence-electron chi connectivity index (χ2n) is 5.97. The first-order chi connectivity index (χ1) is 12.1. The minimum absolute atomic E-state index is 0.287. The Kier molecular flexibility index (Phi) is 5.49. The molecule has 25 heavy (non-hydrogen) atoms. The fraction of sp³-hybridized carbons (Fsp3) is 0.143. The molecule has 0 aliphatic rings. The molecule has 0 amide bonds. The molecule has 0 spiro atoms. The normalized spacial score (nSPS) is 13.4. The summed E-state index contributed by atoms with van der Waals surface area (Å²) < 4.78 is 13.3. The molecule has 0 aliphatic heterocycles. The molecule has 2 nitrogen and oxygen atoms in total. The zero-order valence-electron chi connectivity index (χ0n) is 13.6. The van der Waals surface area contributed by atoms with Gasteiger partial charge in [0.25, 0.3) is 0 Å². The molecular formula is C21H19ClFNO. The van der Waals surface area contributed by atoms with Crippen LogP contribution in [0.15, 0.2) is 78.9 Å². The quantitative estimate of drug-likeness (QED) is 0.682. The summed E-state index contributed by atoms with van der Waals surface area (Å²) >= 11 is 6.01. The third kappa shape index (κ3) is 4.26. The summed E-state index contributed by atoms with van der Waals surface area (Å²) in [6.45, 7) is 0.853. The van der Waals surface area contributed by atoms with Gasteiger partial charge in [0.15, 0.2) is 0 Å². The minimum Gasteiger partial charge on any atom is -0.379 e. The van der Waals surface area contributed by atoms with E-state index in [9.17, 15) is 9.50 Å². The van der Waals surface area contributed by atoms with Crippen molar-refractivity contribution in [3.05, 3.63) is 106 Å². The molecule has 128 valence electrons. The summed E-state index contributed by atoms with van der Waals surface area (Å²) in [5.74, 6) is -0.328. The zero-order valence-corrected chi connectivity index (χ0v) is 14.4. The molecule has 0 bridgehead atoms. The lowest BCUT2D eigenvalue weighted by molar-refractivity contribution is 0.0795. The van der Waals surface area contributed by atoms with Crippen molar-refractivity contribution in [1.82, 2.24) is 5.32 Å². The molecule has 0 saturated carbocycles. The van der Waals surface area contributed by atoms with E-state index in [1.165, 1.54) is 12.1 Å². The van der Waals surface area contributed by atoms with Crippen molar-refractivity contribution in [2.24, 2.45) is 0 Å². The van der Waals surface area contributed by atoms with E-state index in [0.29, 0.717) is 17.1 Å². The van der Waals surface area contributed by atoms with Gasteiger partial charge < -0.3 is 10.4 Å². The summed E-state index contributed by atoms with van der Waals surface area (Å²) in [4.78, 5) is 0. The minimum atomic E-state index is -1.26. The van der Waals surface area contributed by atoms with Gasteiger partial charge in [-0.2, -0.15) is 0 Å². The van der Waals surface area contributed by atoms with Gasteiger partial charge in [0.1, 0.15) is 11.4 Å². The zero-order chi connectivity index (χ0) is 17.7. The molecule has 0 radical (unpaired) electrons. The van der Waals surface area contributed by atoms with Gasteiger partial charge in [-0.25, -0.2) is 4.39 Å². The predicted octanol–water partition coefficient (Wildman–Crippen LogP) is 4.50. The topological polar surface area (TPSA) is 32.3 Å². The SMILES string of the molecule is O[C@](CNCc1cccc(Cl)c1)(c1ccccc1)c1ccc(F)cc1. The van der Waals surface area contributed by atoms with Crippen LogP contribution in [-0.4, -0.2) is 11.7 Å². The van der Waals surface area contributed by atoms with Crippen LogP contribution in [0.25, 0.3) is 0 Å². The van der Waals surface area contributed by atoms with Crippen molar-refractivity contribution in [2.75, 3.05) is 6.54 Å². The summed E-state index contributed by atoms with van der Waals surface area (Å²) in [6.07, 6.45) is 0. The van der Waals surface area contributed by atoms with E-state index >= 15 is 0 Å². The average Bonchev–Trinajstić information content (AvgIpc) is 2.63. The lowest BCUT2D eigenvalue weighted by Gasteiger charge is -2.30. The molecule has 0 fully saturated rings. The molecule has 2 N–H and O–H groups in total. The Hall–Kier alpha value is -2.20. The van der Waals surface area contributed by atoms with Crippen molar-refractivity contribution in [2.45, 2.75) is 12.1 Å². The standard InChI is InChI=1S/C21H19ClFNO/c22-19-8-4-5-16(13-19)14-24-15-21(25,17-6-2-1-3-7-17)18-9-11-20(23)12-10-18/h1-13,24-25H,14-15H2/t21-/m1/s1. The third-order valence-corrected chi connectivity index (χ3v) is 4.41. The first-order valence-electron chi connectivity index (χ1n) is 8.07. The van der Waals surface area contributed by atoms with Crippen molar-refractivity contribution in [3.8, 4) is 0 Å². The molecule has 4 heteroatoms. The highest BCUT2D eigenvalue weighted by atomic mass is 35.5. The fourth-order valence-electron chi connectivity index (χ4n) is 2.84. The Labute approximate surface area is 151 Å².